The zero-order valence-corrected chi connectivity index (χ0v) is 23.3. The Bertz CT molecular complexity index is 1260. The molecule has 0 radical (unpaired) electrons. The molecule has 6 nitrogen and oxygen atoms in total. The van der Waals surface area contributed by atoms with Gasteiger partial charge in [0.1, 0.15) is 11.2 Å². The molecule has 1 aliphatic carbocycles. The first-order valence-electron chi connectivity index (χ1n) is 13.2. The molecule has 0 bridgehead atoms. The molecule has 9 heteroatoms. The normalized spacial score (nSPS) is 30.8. The molecule has 2 heterocycles. The van der Waals surface area contributed by atoms with Crippen LogP contribution in [0, 0.1) is 11.2 Å². The maximum absolute atomic E-state index is 15.8. The number of hydrogen-bond donors (Lipinski definition) is 4. The van der Waals surface area contributed by atoms with Crippen LogP contribution in [0.25, 0.3) is 0 Å². The maximum atomic E-state index is 15.8. The Morgan fingerprint density at radius 3 is 2.55 bits per heavy atom. The Kier molecular flexibility index (Phi) is 7.27. The van der Waals surface area contributed by atoms with Gasteiger partial charge in [-0.2, -0.15) is 0 Å². The van der Waals surface area contributed by atoms with Crippen molar-refractivity contribution < 1.29 is 19.1 Å². The molecule has 4 N–H and O–H groups in total. The average Bonchev–Trinajstić information content (AvgIpc) is 3.31. The lowest BCUT2D eigenvalue weighted by atomic mass is 9.62. The zero-order valence-electron chi connectivity index (χ0n) is 21.8. The van der Waals surface area contributed by atoms with E-state index in [4.69, 9.17) is 23.2 Å². The Hall–Kier alpha value is -2.19. The first-order chi connectivity index (χ1) is 17.9. The molecule has 5 rings (SSSR count). The molecule has 38 heavy (non-hydrogen) atoms. The summed E-state index contributed by atoms with van der Waals surface area (Å²) in [4.78, 5) is 28.1. The number of nitrogens with one attached hydrogen (secondary N) is 3. The lowest BCUT2D eigenvalue weighted by molar-refractivity contribution is -0.124. The highest BCUT2D eigenvalue weighted by Gasteiger charge is 2.66. The van der Waals surface area contributed by atoms with Gasteiger partial charge in [-0.25, -0.2) is 4.39 Å². The molecule has 1 saturated carbocycles. The fraction of sp³-hybridized carbons (Fsp3) is 0.517. The molecule has 204 valence electrons. The summed E-state index contributed by atoms with van der Waals surface area (Å²) in [5.41, 5.74) is -0.00278. The number of aliphatic hydroxyl groups excluding tert-OH is 1. The molecule has 0 unspecified atom stereocenters. The second-order valence-corrected chi connectivity index (χ2v) is 13.0. The minimum Gasteiger partial charge on any atom is -0.393 e. The van der Waals surface area contributed by atoms with Crippen LogP contribution in [0.4, 0.5) is 10.1 Å². The third-order valence-electron chi connectivity index (χ3n) is 8.26. The molecule has 2 aromatic carbocycles. The molecule has 1 spiro atoms. The summed E-state index contributed by atoms with van der Waals surface area (Å²) in [5, 5.41) is 19.9. The van der Waals surface area contributed by atoms with E-state index in [2.05, 4.69) is 36.7 Å². The number of carbonyl (C=O) groups is 2. The van der Waals surface area contributed by atoms with Gasteiger partial charge in [-0.1, -0.05) is 62.2 Å². The van der Waals surface area contributed by atoms with Crippen LogP contribution in [0.15, 0.2) is 36.4 Å². The van der Waals surface area contributed by atoms with Crippen LogP contribution >= 0.6 is 23.2 Å². The van der Waals surface area contributed by atoms with Gasteiger partial charge in [-0.15, -0.1) is 0 Å². The summed E-state index contributed by atoms with van der Waals surface area (Å²) < 4.78 is 15.8. The van der Waals surface area contributed by atoms with Crippen molar-refractivity contribution in [1.82, 2.24) is 10.6 Å². The van der Waals surface area contributed by atoms with E-state index < -0.39 is 29.2 Å². The van der Waals surface area contributed by atoms with Gasteiger partial charge in [0, 0.05) is 28.7 Å². The molecule has 2 fully saturated rings. The fourth-order valence-electron chi connectivity index (χ4n) is 6.66. The second-order valence-electron chi connectivity index (χ2n) is 12.1. The number of amides is 2. The van der Waals surface area contributed by atoms with E-state index in [1.807, 2.05) is 6.07 Å². The lowest BCUT2D eigenvalue weighted by Crippen LogP contribution is -2.50. The molecule has 2 aliphatic heterocycles. The van der Waals surface area contributed by atoms with Crippen LogP contribution in [0.1, 0.15) is 69.9 Å². The standard InChI is InChI=1S/C29H34Cl2FN3O3/c1-28(2,3)14-22-29(19-12-7-15(30)13-21(19)34-27(29)38)23(18-5-4-6-20(31)24(18)32)25(35-22)26(37)33-16-8-10-17(36)11-9-16/h4-7,12-13,16-17,22-23,25,35-36H,8-11,14H2,1-3H3,(H,33,37)(H,34,38)/t16?,17?,22-,23+,25-,29+/m0/s1. The summed E-state index contributed by atoms with van der Waals surface area (Å²) >= 11 is 12.5. The lowest BCUT2D eigenvalue weighted by Gasteiger charge is -2.38. The number of fused-ring (bicyclic) bond motifs is 2. The number of rotatable bonds is 4. The minimum absolute atomic E-state index is 0.0629. The average molecular weight is 563 g/mol. The third-order valence-corrected chi connectivity index (χ3v) is 8.79. The third kappa shape index (κ3) is 4.72. The largest absolute Gasteiger partial charge is 0.393 e. The summed E-state index contributed by atoms with van der Waals surface area (Å²) in [6.07, 6.45) is 2.75. The number of aliphatic hydroxyl groups is 1. The van der Waals surface area contributed by atoms with Gasteiger partial charge in [-0.3, -0.25) is 9.59 Å². The number of halogens is 3. The Balaban J connectivity index is 1.67. The van der Waals surface area contributed by atoms with Gasteiger partial charge in [0.2, 0.25) is 11.8 Å². The van der Waals surface area contributed by atoms with Crippen molar-refractivity contribution in [2.75, 3.05) is 5.32 Å². The van der Waals surface area contributed by atoms with Crippen LogP contribution in [0.2, 0.25) is 10.0 Å². The Morgan fingerprint density at radius 1 is 1.16 bits per heavy atom. The van der Waals surface area contributed by atoms with Crippen molar-refractivity contribution in [3.05, 3.63) is 63.4 Å². The molecular formula is C29H34Cl2FN3O3. The highest BCUT2D eigenvalue weighted by Crippen LogP contribution is 2.57. The van der Waals surface area contributed by atoms with Gasteiger partial charge in [-0.05, 0) is 66.8 Å². The van der Waals surface area contributed by atoms with Crippen molar-refractivity contribution in [3.63, 3.8) is 0 Å². The highest BCUT2D eigenvalue weighted by molar-refractivity contribution is 6.31. The first kappa shape index (κ1) is 27.4. The van der Waals surface area contributed by atoms with Gasteiger partial charge < -0.3 is 21.1 Å². The molecule has 2 aromatic rings. The number of benzene rings is 2. The van der Waals surface area contributed by atoms with E-state index in [0.717, 1.165) is 0 Å². The van der Waals surface area contributed by atoms with Gasteiger partial charge in [0.15, 0.2) is 0 Å². The van der Waals surface area contributed by atoms with Gasteiger partial charge >= 0.3 is 0 Å². The number of carbonyl (C=O) groups excluding carboxylic acids is 2. The quantitative estimate of drug-likeness (QED) is 0.407. The van der Waals surface area contributed by atoms with Crippen molar-refractivity contribution in [2.24, 2.45) is 5.41 Å². The molecule has 1 saturated heterocycles. The van der Waals surface area contributed by atoms with Crippen LogP contribution in [0.5, 0.6) is 0 Å². The van der Waals surface area contributed by atoms with E-state index in [1.54, 1.807) is 24.3 Å². The summed E-state index contributed by atoms with van der Waals surface area (Å²) in [5.74, 6) is -2.09. The van der Waals surface area contributed by atoms with Gasteiger partial charge in [0.25, 0.3) is 0 Å². The maximum Gasteiger partial charge on any atom is 0.238 e. The van der Waals surface area contributed by atoms with Crippen LogP contribution < -0.4 is 16.0 Å². The van der Waals surface area contributed by atoms with Crippen molar-refractivity contribution in [2.45, 2.75) is 88.4 Å². The molecule has 4 atom stereocenters. The number of anilines is 1. The minimum atomic E-state index is -1.27. The molecule has 2 amide bonds. The predicted octanol–water partition coefficient (Wildman–Crippen LogP) is 5.30. The summed E-state index contributed by atoms with van der Waals surface area (Å²) in [6.45, 7) is 6.23. The van der Waals surface area contributed by atoms with Crippen LogP contribution in [0.3, 0.4) is 0 Å². The zero-order chi connectivity index (χ0) is 27.4. The fourth-order valence-corrected chi connectivity index (χ4v) is 7.02. The smallest absolute Gasteiger partial charge is 0.238 e. The van der Waals surface area contributed by atoms with Gasteiger partial charge in [0.05, 0.1) is 17.2 Å². The predicted molar refractivity (Wildman–Crippen MR) is 147 cm³/mol. The summed E-state index contributed by atoms with van der Waals surface area (Å²) in [7, 11) is 0. The van der Waals surface area contributed by atoms with Crippen LogP contribution in [-0.2, 0) is 15.0 Å². The van der Waals surface area contributed by atoms with E-state index in [-0.39, 0.29) is 40.0 Å². The van der Waals surface area contributed by atoms with E-state index >= 15 is 4.39 Å². The van der Waals surface area contributed by atoms with E-state index in [1.165, 1.54) is 6.07 Å². The highest BCUT2D eigenvalue weighted by atomic mass is 35.5. The summed E-state index contributed by atoms with van der Waals surface area (Å²) in [6, 6.07) is 8.50. The topological polar surface area (TPSA) is 90.5 Å². The molecular weight excluding hydrogens is 528 g/mol. The van der Waals surface area contributed by atoms with Crippen molar-refractivity contribution in [3.8, 4) is 0 Å². The number of hydrogen-bond acceptors (Lipinski definition) is 4. The first-order valence-corrected chi connectivity index (χ1v) is 14.0. The SMILES string of the molecule is CC(C)(C)C[C@@H]1N[C@H](C(=O)NC2CCC(O)CC2)[C@@H](c2cccc(Cl)c2F)[C@]12C(=O)Nc1cc(Cl)ccc12. The van der Waals surface area contributed by atoms with Crippen LogP contribution in [-0.4, -0.2) is 41.2 Å². The monoisotopic (exact) mass is 561 g/mol. The Morgan fingerprint density at radius 2 is 1.87 bits per heavy atom. The Labute approximate surface area is 232 Å². The van der Waals surface area contributed by atoms with E-state index in [9.17, 15) is 14.7 Å². The van der Waals surface area contributed by atoms with Crippen molar-refractivity contribution >= 4 is 40.7 Å². The van der Waals surface area contributed by atoms with E-state index in [0.29, 0.717) is 48.4 Å². The molecule has 3 aliphatic rings. The van der Waals surface area contributed by atoms with Crippen molar-refractivity contribution in [1.29, 1.82) is 0 Å². The second kappa shape index (κ2) is 10.1. The molecule has 0 aromatic heterocycles.